The van der Waals surface area contributed by atoms with Crippen LogP contribution in [0, 0.1) is 34.0 Å². The van der Waals surface area contributed by atoms with Gasteiger partial charge in [-0.3, -0.25) is 4.79 Å². The summed E-state index contributed by atoms with van der Waals surface area (Å²) in [5, 5.41) is 19.1. The molecular weight excluding hydrogens is 452 g/mol. The number of amides is 1. The summed E-state index contributed by atoms with van der Waals surface area (Å²) in [4.78, 5) is 33.6. The van der Waals surface area contributed by atoms with Gasteiger partial charge in [0.2, 0.25) is 5.91 Å². The number of carbonyl (C=O) groups excluding carboxylic acids is 1. The second-order valence-electron chi connectivity index (χ2n) is 11.0. The van der Waals surface area contributed by atoms with Crippen molar-refractivity contribution in [2.24, 2.45) is 11.3 Å². The number of fused-ring (bicyclic) bond motifs is 2. The Morgan fingerprint density at radius 1 is 1.11 bits per heavy atom. The van der Waals surface area contributed by atoms with Crippen molar-refractivity contribution in [1.82, 2.24) is 19.9 Å². The molecule has 0 N–H and O–H groups in total. The first-order chi connectivity index (χ1) is 17.4. The third-order valence-corrected chi connectivity index (χ3v) is 9.04. The highest BCUT2D eigenvalue weighted by molar-refractivity contribution is 5.86. The van der Waals surface area contributed by atoms with Crippen LogP contribution in [0.25, 0.3) is 0 Å². The number of hydrogen-bond acceptors (Lipinski definition) is 8. The van der Waals surface area contributed by atoms with Crippen molar-refractivity contribution in [3.63, 3.8) is 0 Å². The number of likely N-dealkylation sites (N-methyl/N-ethyl adjacent to an activating group) is 1. The number of anilines is 3. The third kappa shape index (κ3) is 3.19. The third-order valence-electron chi connectivity index (χ3n) is 9.04. The van der Waals surface area contributed by atoms with E-state index < -0.39 is 5.41 Å². The topological polar surface area (TPSA) is 113 Å². The first kappa shape index (κ1) is 22.7. The van der Waals surface area contributed by atoms with Crippen LogP contribution in [0.2, 0.25) is 0 Å². The van der Waals surface area contributed by atoms with Gasteiger partial charge in [-0.25, -0.2) is 15.0 Å². The normalized spacial score (nSPS) is 24.9. The van der Waals surface area contributed by atoms with Crippen molar-refractivity contribution < 1.29 is 4.79 Å². The molecule has 0 unspecified atom stereocenters. The highest BCUT2D eigenvalue weighted by Gasteiger charge is 2.53. The zero-order valence-electron chi connectivity index (χ0n) is 20.8. The van der Waals surface area contributed by atoms with Gasteiger partial charge in [-0.2, -0.15) is 10.5 Å². The Labute approximate surface area is 211 Å². The molecule has 184 valence electrons. The molecule has 1 saturated heterocycles. The van der Waals surface area contributed by atoms with Crippen molar-refractivity contribution in [2.45, 2.75) is 56.9 Å². The minimum absolute atomic E-state index is 0.0178. The Kier molecular flexibility index (Phi) is 5.15. The SMILES string of the molecule is C[C@H]1CN(c2ncnc3c2C2(CCC2)CN3c2cc(C#N)ccn2)C[C@H]1N(C)C(=O)C1(C#N)CCC1. The van der Waals surface area contributed by atoms with Crippen molar-refractivity contribution >= 4 is 23.4 Å². The van der Waals surface area contributed by atoms with Gasteiger partial charge in [0.1, 0.15) is 29.2 Å². The lowest BCUT2D eigenvalue weighted by molar-refractivity contribution is -0.144. The summed E-state index contributed by atoms with van der Waals surface area (Å²) in [6.07, 6.45) is 8.88. The van der Waals surface area contributed by atoms with Crippen LogP contribution >= 0.6 is 0 Å². The van der Waals surface area contributed by atoms with Crippen LogP contribution in [0.4, 0.5) is 17.5 Å². The molecule has 2 aromatic rings. The number of aromatic nitrogens is 3. The van der Waals surface area contributed by atoms with Crippen LogP contribution in [-0.4, -0.2) is 58.5 Å². The van der Waals surface area contributed by atoms with E-state index in [2.05, 4.69) is 33.8 Å². The van der Waals surface area contributed by atoms with Crippen LogP contribution in [0.5, 0.6) is 0 Å². The Hall–Kier alpha value is -3.72. The number of nitriles is 2. The average molecular weight is 483 g/mol. The van der Waals surface area contributed by atoms with Gasteiger partial charge in [0, 0.05) is 43.9 Å². The van der Waals surface area contributed by atoms with E-state index >= 15 is 0 Å². The molecule has 2 saturated carbocycles. The molecule has 9 heteroatoms. The summed E-state index contributed by atoms with van der Waals surface area (Å²) in [5.74, 6) is 2.79. The van der Waals surface area contributed by atoms with E-state index in [0.717, 1.165) is 49.8 Å². The van der Waals surface area contributed by atoms with E-state index in [1.807, 2.05) is 18.0 Å². The van der Waals surface area contributed by atoms with Crippen LogP contribution < -0.4 is 9.80 Å². The summed E-state index contributed by atoms with van der Waals surface area (Å²) >= 11 is 0. The summed E-state index contributed by atoms with van der Waals surface area (Å²) in [5.41, 5.74) is 0.904. The van der Waals surface area contributed by atoms with E-state index in [9.17, 15) is 15.3 Å². The van der Waals surface area contributed by atoms with Crippen molar-refractivity contribution in [2.75, 3.05) is 36.5 Å². The number of pyridine rings is 1. The zero-order chi connectivity index (χ0) is 25.1. The fourth-order valence-corrected chi connectivity index (χ4v) is 6.60. The fourth-order valence-electron chi connectivity index (χ4n) is 6.60. The highest BCUT2D eigenvalue weighted by Crippen LogP contribution is 2.56. The number of rotatable bonds is 4. The molecule has 9 nitrogen and oxygen atoms in total. The predicted molar refractivity (Wildman–Crippen MR) is 133 cm³/mol. The Morgan fingerprint density at radius 2 is 1.86 bits per heavy atom. The smallest absolute Gasteiger partial charge is 0.243 e. The van der Waals surface area contributed by atoms with E-state index in [-0.39, 0.29) is 23.3 Å². The largest absolute Gasteiger partial charge is 0.354 e. The molecule has 6 rings (SSSR count). The maximum atomic E-state index is 13.3. The molecule has 3 fully saturated rings. The quantitative estimate of drug-likeness (QED) is 0.652. The van der Waals surface area contributed by atoms with Gasteiger partial charge in [-0.1, -0.05) is 13.3 Å². The minimum atomic E-state index is -0.834. The minimum Gasteiger partial charge on any atom is -0.354 e. The Morgan fingerprint density at radius 3 is 2.50 bits per heavy atom. The van der Waals surface area contributed by atoms with Crippen molar-refractivity contribution in [3.8, 4) is 12.1 Å². The van der Waals surface area contributed by atoms with E-state index in [1.165, 1.54) is 12.0 Å². The van der Waals surface area contributed by atoms with Gasteiger partial charge in [-0.05, 0) is 50.2 Å². The maximum Gasteiger partial charge on any atom is 0.243 e. The molecule has 2 aliphatic carbocycles. The summed E-state index contributed by atoms with van der Waals surface area (Å²) < 4.78 is 0. The number of carbonyl (C=O) groups is 1. The average Bonchev–Trinajstić information content (AvgIpc) is 3.42. The molecule has 4 heterocycles. The van der Waals surface area contributed by atoms with Crippen LogP contribution in [0.15, 0.2) is 24.7 Å². The maximum absolute atomic E-state index is 13.3. The monoisotopic (exact) mass is 482 g/mol. The lowest BCUT2D eigenvalue weighted by Gasteiger charge is -2.40. The molecule has 2 atom stereocenters. The van der Waals surface area contributed by atoms with Gasteiger partial charge in [-0.15, -0.1) is 0 Å². The summed E-state index contributed by atoms with van der Waals surface area (Å²) in [6, 6.07) is 8.09. The molecule has 0 radical (unpaired) electrons. The van der Waals surface area contributed by atoms with Crippen LogP contribution in [-0.2, 0) is 10.2 Å². The van der Waals surface area contributed by atoms with Crippen LogP contribution in [0.3, 0.4) is 0 Å². The van der Waals surface area contributed by atoms with Gasteiger partial charge in [0.15, 0.2) is 0 Å². The number of hydrogen-bond donors (Lipinski definition) is 0. The zero-order valence-corrected chi connectivity index (χ0v) is 20.8. The standard InChI is InChI=1S/C27H30N8O/c1-18-13-34(14-20(18)33(2)25(36)26(15-29)6-3-7-26)23-22-24(32-17-31-23)35(16-27(22)8-4-9-27)21-11-19(12-28)5-10-30-21/h5,10-11,17-18,20H,3-4,6-9,13-14,16H2,1-2H3/t18-,20+/m0/s1. The second kappa shape index (κ2) is 8.16. The Balaban J connectivity index is 1.32. The van der Waals surface area contributed by atoms with E-state index in [0.29, 0.717) is 24.9 Å². The predicted octanol–water partition coefficient (Wildman–Crippen LogP) is 3.29. The first-order valence-corrected chi connectivity index (χ1v) is 12.8. The van der Waals surface area contributed by atoms with Crippen LogP contribution in [0.1, 0.15) is 56.6 Å². The summed E-state index contributed by atoms with van der Waals surface area (Å²) in [6.45, 7) is 4.44. The lowest BCUT2D eigenvalue weighted by Crippen LogP contribution is -2.51. The van der Waals surface area contributed by atoms with E-state index in [4.69, 9.17) is 9.97 Å². The fraction of sp³-hybridized carbons (Fsp3) is 0.556. The second-order valence-corrected chi connectivity index (χ2v) is 11.0. The molecule has 2 aliphatic heterocycles. The molecule has 36 heavy (non-hydrogen) atoms. The summed E-state index contributed by atoms with van der Waals surface area (Å²) in [7, 11) is 1.86. The van der Waals surface area contributed by atoms with Gasteiger partial charge >= 0.3 is 0 Å². The molecule has 2 aromatic heterocycles. The number of nitrogens with zero attached hydrogens (tertiary/aromatic N) is 8. The van der Waals surface area contributed by atoms with E-state index in [1.54, 1.807) is 18.6 Å². The lowest BCUT2D eigenvalue weighted by atomic mass is 9.66. The molecule has 0 aromatic carbocycles. The molecule has 0 bridgehead atoms. The van der Waals surface area contributed by atoms with Gasteiger partial charge < -0.3 is 14.7 Å². The molecule has 1 spiro atoms. The molecular formula is C27H30N8O. The highest BCUT2D eigenvalue weighted by atomic mass is 16.2. The Bertz CT molecular complexity index is 1300. The van der Waals surface area contributed by atoms with Gasteiger partial charge in [0.25, 0.3) is 0 Å². The van der Waals surface area contributed by atoms with Crippen molar-refractivity contribution in [1.29, 1.82) is 10.5 Å². The molecule has 4 aliphatic rings. The van der Waals surface area contributed by atoms with Gasteiger partial charge in [0.05, 0.1) is 23.7 Å². The molecule has 1 amide bonds. The van der Waals surface area contributed by atoms with Crippen molar-refractivity contribution in [3.05, 3.63) is 35.8 Å². The first-order valence-electron chi connectivity index (χ1n) is 12.8.